The number of hydrogen-bond donors (Lipinski definition) is 1. The monoisotopic (exact) mass is 364 g/mol. The van der Waals surface area contributed by atoms with Crippen molar-refractivity contribution in [2.75, 3.05) is 6.61 Å². The molecule has 0 atom stereocenters. The van der Waals surface area contributed by atoms with Crippen molar-refractivity contribution < 1.29 is 22.7 Å². The number of halogens is 3. The number of benzene rings is 1. The largest absolute Gasteiger partial charge is 0.468 e. The maximum atomic E-state index is 12.5. The van der Waals surface area contributed by atoms with Crippen LogP contribution in [0.1, 0.15) is 16.2 Å². The number of hydrogen-bond acceptors (Lipinski definition) is 4. The van der Waals surface area contributed by atoms with Crippen molar-refractivity contribution in [2.24, 2.45) is 7.05 Å². The zero-order chi connectivity index (χ0) is 18.7. The van der Waals surface area contributed by atoms with Crippen LogP contribution in [0.5, 0.6) is 5.88 Å². The molecule has 0 spiro atoms. The summed E-state index contributed by atoms with van der Waals surface area (Å²) in [4.78, 5) is 16.4. The molecule has 2 heterocycles. The Kier molecular flexibility index (Phi) is 4.79. The highest BCUT2D eigenvalue weighted by molar-refractivity contribution is 6.04. The third kappa shape index (κ3) is 4.11. The summed E-state index contributed by atoms with van der Waals surface area (Å²) in [6, 6.07) is 11.7. The Morgan fingerprint density at radius 1 is 1.19 bits per heavy atom. The van der Waals surface area contributed by atoms with Crippen LogP contribution in [-0.2, 0) is 13.6 Å². The van der Waals surface area contributed by atoms with E-state index in [1.54, 1.807) is 25.2 Å². The molecular weight excluding hydrogens is 349 g/mol. The Morgan fingerprint density at radius 2 is 1.96 bits per heavy atom. The predicted molar refractivity (Wildman–Crippen MR) is 87.7 cm³/mol. The van der Waals surface area contributed by atoms with Crippen LogP contribution in [0.15, 0.2) is 42.5 Å². The van der Waals surface area contributed by atoms with Crippen LogP contribution in [0.3, 0.4) is 0 Å². The normalized spacial score (nSPS) is 11.5. The van der Waals surface area contributed by atoms with Crippen molar-refractivity contribution in [3.8, 4) is 5.88 Å². The first-order valence-electron chi connectivity index (χ1n) is 7.69. The summed E-state index contributed by atoms with van der Waals surface area (Å²) in [5.41, 5.74) is 1.47. The lowest BCUT2D eigenvalue weighted by atomic mass is 10.2. The first kappa shape index (κ1) is 17.7. The number of nitrogens with zero attached hydrogens (tertiary/aromatic N) is 3. The number of fused-ring (bicyclic) bond motifs is 1. The summed E-state index contributed by atoms with van der Waals surface area (Å²) in [6.07, 6.45) is -4.44. The van der Waals surface area contributed by atoms with E-state index in [1.807, 2.05) is 12.1 Å². The van der Waals surface area contributed by atoms with Gasteiger partial charge in [-0.1, -0.05) is 24.3 Å². The van der Waals surface area contributed by atoms with Crippen molar-refractivity contribution in [1.82, 2.24) is 20.1 Å². The predicted octanol–water partition coefficient (Wildman–Crippen LogP) is 2.84. The average molecular weight is 364 g/mol. The lowest BCUT2D eigenvalue weighted by Gasteiger charge is -2.10. The zero-order valence-corrected chi connectivity index (χ0v) is 13.7. The van der Waals surface area contributed by atoms with E-state index in [4.69, 9.17) is 0 Å². The van der Waals surface area contributed by atoms with Crippen LogP contribution in [0.2, 0.25) is 0 Å². The molecule has 0 fully saturated rings. The second kappa shape index (κ2) is 7.03. The Balaban J connectivity index is 1.69. The lowest BCUT2D eigenvalue weighted by Crippen LogP contribution is -2.26. The fourth-order valence-electron chi connectivity index (χ4n) is 2.46. The van der Waals surface area contributed by atoms with Crippen LogP contribution in [0.4, 0.5) is 13.2 Å². The summed E-state index contributed by atoms with van der Waals surface area (Å²) in [5.74, 6) is -0.510. The third-order valence-corrected chi connectivity index (χ3v) is 3.55. The van der Waals surface area contributed by atoms with Gasteiger partial charge >= 0.3 is 6.18 Å². The number of nitrogens with one attached hydrogen (secondary N) is 1. The summed E-state index contributed by atoms with van der Waals surface area (Å²) in [5, 5.41) is 7.67. The second-order valence-corrected chi connectivity index (χ2v) is 5.54. The van der Waals surface area contributed by atoms with Gasteiger partial charge in [0, 0.05) is 18.5 Å². The summed E-state index contributed by atoms with van der Waals surface area (Å²) >= 11 is 0. The molecule has 0 aliphatic heterocycles. The SMILES string of the molecule is Cn1nc2ccccc2c1C(=O)NCc1cccc(OCC(F)(F)F)n1. The molecule has 0 saturated carbocycles. The topological polar surface area (TPSA) is 69.0 Å². The number of aryl methyl sites for hydroxylation is 1. The van der Waals surface area contributed by atoms with E-state index < -0.39 is 12.8 Å². The molecule has 0 bridgehead atoms. The molecule has 2 aromatic heterocycles. The summed E-state index contributed by atoms with van der Waals surface area (Å²) in [6.45, 7) is -1.38. The van der Waals surface area contributed by atoms with Gasteiger partial charge in [0.1, 0.15) is 5.69 Å². The number of alkyl halides is 3. The number of pyridine rings is 1. The molecular formula is C17H15F3N4O2. The smallest absolute Gasteiger partial charge is 0.422 e. The Hall–Kier alpha value is -3.10. The van der Waals surface area contributed by atoms with Crippen LogP contribution in [0, 0.1) is 0 Å². The average Bonchev–Trinajstić information content (AvgIpc) is 2.93. The molecule has 9 heteroatoms. The highest BCUT2D eigenvalue weighted by Crippen LogP contribution is 2.18. The number of carbonyl (C=O) groups excluding carboxylic acids is 1. The number of ether oxygens (including phenoxy) is 1. The van der Waals surface area contributed by atoms with Crippen molar-refractivity contribution in [3.05, 3.63) is 53.9 Å². The van der Waals surface area contributed by atoms with Gasteiger partial charge in [-0.25, -0.2) is 4.98 Å². The van der Waals surface area contributed by atoms with Crippen LogP contribution >= 0.6 is 0 Å². The van der Waals surface area contributed by atoms with Crippen molar-refractivity contribution >= 4 is 16.8 Å². The van der Waals surface area contributed by atoms with Gasteiger partial charge in [0.05, 0.1) is 17.8 Å². The third-order valence-electron chi connectivity index (χ3n) is 3.55. The fraction of sp³-hybridized carbons (Fsp3) is 0.235. The van der Waals surface area contributed by atoms with Gasteiger partial charge in [0.2, 0.25) is 5.88 Å². The molecule has 1 amide bonds. The minimum Gasteiger partial charge on any atom is -0.468 e. The van der Waals surface area contributed by atoms with E-state index in [9.17, 15) is 18.0 Å². The van der Waals surface area contributed by atoms with E-state index in [0.717, 1.165) is 0 Å². The minimum absolute atomic E-state index is 0.0432. The second-order valence-electron chi connectivity index (χ2n) is 5.54. The molecule has 0 unspecified atom stereocenters. The van der Waals surface area contributed by atoms with E-state index in [1.165, 1.54) is 16.8 Å². The molecule has 136 valence electrons. The molecule has 0 aliphatic carbocycles. The van der Waals surface area contributed by atoms with E-state index >= 15 is 0 Å². The Labute approximate surface area is 146 Å². The fourth-order valence-corrected chi connectivity index (χ4v) is 2.46. The molecule has 6 nitrogen and oxygen atoms in total. The molecule has 26 heavy (non-hydrogen) atoms. The van der Waals surface area contributed by atoms with Gasteiger partial charge in [-0.05, 0) is 12.1 Å². The molecule has 0 aliphatic rings. The van der Waals surface area contributed by atoms with E-state index in [2.05, 4.69) is 20.1 Å². The molecule has 0 saturated heterocycles. The Morgan fingerprint density at radius 3 is 2.73 bits per heavy atom. The van der Waals surface area contributed by atoms with Gasteiger partial charge in [-0.2, -0.15) is 18.3 Å². The quantitative estimate of drug-likeness (QED) is 0.756. The molecule has 0 radical (unpaired) electrons. The zero-order valence-electron chi connectivity index (χ0n) is 13.7. The van der Waals surface area contributed by atoms with Gasteiger partial charge in [-0.3, -0.25) is 9.48 Å². The summed E-state index contributed by atoms with van der Waals surface area (Å²) in [7, 11) is 1.67. The highest BCUT2D eigenvalue weighted by Gasteiger charge is 2.28. The molecule has 3 rings (SSSR count). The minimum atomic E-state index is -4.44. The number of aromatic nitrogens is 3. The lowest BCUT2D eigenvalue weighted by molar-refractivity contribution is -0.154. The van der Waals surface area contributed by atoms with Gasteiger partial charge < -0.3 is 10.1 Å². The molecule has 3 aromatic rings. The van der Waals surface area contributed by atoms with Crippen molar-refractivity contribution in [2.45, 2.75) is 12.7 Å². The Bertz CT molecular complexity index is 937. The first-order chi connectivity index (χ1) is 12.3. The van der Waals surface area contributed by atoms with Crippen LogP contribution < -0.4 is 10.1 Å². The number of rotatable bonds is 5. The van der Waals surface area contributed by atoms with Gasteiger partial charge in [0.25, 0.3) is 5.91 Å². The number of carbonyl (C=O) groups is 1. The first-order valence-corrected chi connectivity index (χ1v) is 7.69. The van der Waals surface area contributed by atoms with Gasteiger partial charge in [-0.15, -0.1) is 0 Å². The van der Waals surface area contributed by atoms with E-state index in [0.29, 0.717) is 22.3 Å². The maximum Gasteiger partial charge on any atom is 0.422 e. The van der Waals surface area contributed by atoms with Crippen molar-refractivity contribution in [3.63, 3.8) is 0 Å². The highest BCUT2D eigenvalue weighted by atomic mass is 19.4. The van der Waals surface area contributed by atoms with Gasteiger partial charge in [0.15, 0.2) is 6.61 Å². The van der Waals surface area contributed by atoms with E-state index in [-0.39, 0.29) is 18.3 Å². The van der Waals surface area contributed by atoms with Crippen LogP contribution in [0.25, 0.3) is 10.9 Å². The summed E-state index contributed by atoms with van der Waals surface area (Å²) < 4.78 is 42.7. The molecule has 1 aromatic carbocycles. The molecule has 1 N–H and O–H groups in total. The number of amides is 1. The van der Waals surface area contributed by atoms with Crippen LogP contribution in [-0.4, -0.2) is 33.5 Å². The maximum absolute atomic E-state index is 12.5. The van der Waals surface area contributed by atoms with Crippen molar-refractivity contribution in [1.29, 1.82) is 0 Å². The standard InChI is InChI=1S/C17H15F3N4O2/c1-24-15(12-6-2-3-7-13(12)23-24)16(25)21-9-11-5-4-8-14(22-11)26-10-17(18,19)20/h2-8H,9-10H2,1H3,(H,21,25).